The van der Waals surface area contributed by atoms with Crippen molar-refractivity contribution in [2.75, 3.05) is 13.8 Å². The fourth-order valence-electron chi connectivity index (χ4n) is 1.08. The third-order valence-corrected chi connectivity index (χ3v) is 1.86. The molecule has 0 saturated carbocycles. The van der Waals surface area contributed by atoms with Crippen LogP contribution >= 0.6 is 0 Å². The van der Waals surface area contributed by atoms with Crippen LogP contribution in [-0.2, 0) is 0 Å². The van der Waals surface area contributed by atoms with Gasteiger partial charge in [-0.3, -0.25) is 4.39 Å². The summed E-state index contributed by atoms with van der Waals surface area (Å²) in [6, 6.07) is 7.07. The van der Waals surface area contributed by atoms with Gasteiger partial charge in [0.2, 0.25) is 1.43 Å². The summed E-state index contributed by atoms with van der Waals surface area (Å²) in [5.41, 5.74) is 0.790. The van der Waals surface area contributed by atoms with Crippen LogP contribution < -0.4 is 4.74 Å². The predicted molar refractivity (Wildman–Crippen MR) is 48.5 cm³/mol. The van der Waals surface area contributed by atoms with Crippen LogP contribution in [0.25, 0.3) is 0 Å². The summed E-state index contributed by atoms with van der Waals surface area (Å²) in [5, 5.41) is 4.42. The van der Waals surface area contributed by atoms with E-state index in [2.05, 4.69) is 5.11 Å². The van der Waals surface area contributed by atoms with Gasteiger partial charge in [0.15, 0.2) is 0 Å². The lowest BCUT2D eigenvalue weighted by atomic mass is 10.1. The number of rotatable bonds is 5. The van der Waals surface area contributed by atoms with Crippen molar-refractivity contribution in [2.45, 2.75) is 12.5 Å². The van der Waals surface area contributed by atoms with Gasteiger partial charge in [0.05, 0.1) is 19.9 Å². The topological polar surface area (TPSA) is 29.5 Å². The van der Waals surface area contributed by atoms with Gasteiger partial charge >= 0.3 is 0 Å². The Morgan fingerprint density at radius 2 is 2.23 bits per heavy atom. The Morgan fingerprint density at radius 1 is 1.54 bits per heavy atom. The summed E-state index contributed by atoms with van der Waals surface area (Å²) in [4.78, 5) is 0. The lowest BCUT2D eigenvalue weighted by molar-refractivity contribution is 0.156. The van der Waals surface area contributed by atoms with E-state index in [-0.39, 0.29) is 6.42 Å². The standard InChI is InChI=1S/C10H13FO2/c1-13-9-4-2-8(3-5-9)10(12)6-7-11/h2-5,10,12H,6-7H2,1H3/i12D. The highest BCUT2D eigenvalue weighted by Gasteiger charge is 2.06. The highest BCUT2D eigenvalue weighted by molar-refractivity contribution is 5.28. The monoisotopic (exact) mass is 185 g/mol. The molecule has 1 aromatic rings. The van der Waals surface area contributed by atoms with Gasteiger partial charge in [-0.15, -0.1) is 0 Å². The first-order chi connectivity index (χ1) is 6.81. The predicted octanol–water partition coefficient (Wildman–Crippen LogP) is 2.09. The molecule has 3 heteroatoms. The molecule has 0 bridgehead atoms. The smallest absolute Gasteiger partial charge is 0.211 e. The molecule has 1 unspecified atom stereocenters. The average molecular weight is 185 g/mol. The molecular formula is C10H13FO2. The SMILES string of the molecule is [2H]OC(CCF)c1ccc(OC)cc1. The van der Waals surface area contributed by atoms with E-state index in [9.17, 15) is 4.39 Å². The second-order valence-electron chi connectivity index (χ2n) is 2.74. The maximum atomic E-state index is 12.1. The summed E-state index contributed by atoms with van der Waals surface area (Å²) in [6.45, 7) is -0.491. The number of alkyl halides is 1. The Hall–Kier alpha value is -1.09. The minimum atomic E-state index is -0.495. The normalized spacial score (nSPS) is 13.5. The van der Waals surface area contributed by atoms with Crippen LogP contribution in [0.15, 0.2) is 24.3 Å². The van der Waals surface area contributed by atoms with E-state index >= 15 is 0 Å². The zero-order valence-corrected chi connectivity index (χ0v) is 7.50. The highest BCUT2D eigenvalue weighted by Crippen LogP contribution is 2.19. The number of aliphatic hydroxyl groups excluding tert-OH is 1. The van der Waals surface area contributed by atoms with Gasteiger partial charge in [-0.05, 0) is 17.7 Å². The number of benzene rings is 1. The molecule has 1 rings (SSSR count). The Bertz CT molecular complexity index is 263. The van der Waals surface area contributed by atoms with Gasteiger partial charge < -0.3 is 9.85 Å². The van der Waals surface area contributed by atoms with Crippen molar-refractivity contribution in [3.05, 3.63) is 29.8 Å². The fraction of sp³-hybridized carbons (Fsp3) is 0.400. The van der Waals surface area contributed by atoms with Crippen molar-refractivity contribution in [1.82, 2.24) is 0 Å². The van der Waals surface area contributed by atoms with Crippen LogP contribution in [0.3, 0.4) is 0 Å². The van der Waals surface area contributed by atoms with Crippen LogP contribution in [0, 0.1) is 0 Å². The van der Waals surface area contributed by atoms with Crippen LogP contribution in [0.4, 0.5) is 4.39 Å². The molecule has 0 aliphatic rings. The maximum Gasteiger partial charge on any atom is 0.211 e. The summed E-state index contributed by atoms with van der Waals surface area (Å²) in [6.07, 6.45) is -0.290. The van der Waals surface area contributed by atoms with E-state index in [0.29, 0.717) is 0 Å². The van der Waals surface area contributed by atoms with Gasteiger partial charge in [-0.2, -0.15) is 0 Å². The highest BCUT2D eigenvalue weighted by atomic mass is 19.1. The first-order valence-corrected chi connectivity index (χ1v) is 4.13. The van der Waals surface area contributed by atoms with Crippen molar-refractivity contribution in [3.8, 4) is 5.75 Å². The second-order valence-corrected chi connectivity index (χ2v) is 2.74. The van der Waals surface area contributed by atoms with Crippen molar-refractivity contribution < 1.29 is 14.2 Å². The summed E-state index contributed by atoms with van der Waals surface area (Å²) < 4.78 is 23.9. The molecule has 0 amide bonds. The first kappa shape index (κ1) is 8.51. The van der Waals surface area contributed by atoms with Gasteiger partial charge in [0.1, 0.15) is 5.75 Å². The molecule has 0 fully saturated rings. The molecule has 1 aromatic carbocycles. The number of hydrogen-bond acceptors (Lipinski definition) is 2. The van der Waals surface area contributed by atoms with Crippen LogP contribution in [0.1, 0.15) is 18.1 Å². The van der Waals surface area contributed by atoms with Gasteiger partial charge in [0, 0.05) is 6.42 Å². The molecule has 72 valence electrons. The maximum absolute atomic E-state index is 12.1. The van der Waals surface area contributed by atoms with Crippen molar-refractivity contribution >= 4 is 0 Å². The van der Waals surface area contributed by atoms with E-state index in [1.54, 1.807) is 31.4 Å². The third-order valence-electron chi connectivity index (χ3n) is 1.86. The molecule has 0 aliphatic heterocycles. The molecule has 0 heterocycles. The Kier molecular flexibility index (Phi) is 3.15. The van der Waals surface area contributed by atoms with Gasteiger partial charge in [0.25, 0.3) is 0 Å². The zero-order valence-electron chi connectivity index (χ0n) is 8.50. The molecule has 1 N–H and O–H groups in total. The van der Waals surface area contributed by atoms with Crippen LogP contribution in [-0.4, -0.2) is 20.3 Å². The summed E-state index contributed by atoms with van der Waals surface area (Å²) >= 11 is 0. The van der Waals surface area contributed by atoms with Crippen LogP contribution in [0.5, 0.6) is 5.75 Å². The van der Waals surface area contributed by atoms with Gasteiger partial charge in [-0.25, -0.2) is 0 Å². The summed E-state index contributed by atoms with van der Waals surface area (Å²) in [7, 11) is 1.58. The second kappa shape index (κ2) is 4.82. The minimum Gasteiger partial charge on any atom is -0.497 e. The van der Waals surface area contributed by atoms with Crippen LogP contribution in [0.2, 0.25) is 0 Å². The zero-order chi connectivity index (χ0) is 10.4. The number of aliphatic hydroxyl groups is 1. The minimum absolute atomic E-state index is 0.204. The Balaban J connectivity index is 2.73. The molecule has 0 aromatic heterocycles. The van der Waals surface area contributed by atoms with E-state index in [4.69, 9.17) is 6.17 Å². The first-order valence-electron chi connectivity index (χ1n) is 4.54. The molecule has 0 saturated heterocycles. The van der Waals surface area contributed by atoms with E-state index in [1.165, 1.54) is 0 Å². The average Bonchev–Trinajstić information content (AvgIpc) is 2.26. The molecule has 0 spiro atoms. The van der Waals surface area contributed by atoms with E-state index in [1.807, 2.05) is 0 Å². The fourth-order valence-corrected chi connectivity index (χ4v) is 1.08. The number of halogens is 1. The number of ether oxygens (including phenoxy) is 1. The van der Waals surface area contributed by atoms with Gasteiger partial charge in [-0.1, -0.05) is 12.1 Å². The van der Waals surface area contributed by atoms with E-state index in [0.717, 1.165) is 11.3 Å². The Labute approximate surface area is 78.5 Å². The lowest BCUT2D eigenvalue weighted by Crippen LogP contribution is -1.98. The quantitative estimate of drug-likeness (QED) is 0.761. The summed E-state index contributed by atoms with van der Waals surface area (Å²) in [5.74, 6) is 0.734. The molecule has 13 heavy (non-hydrogen) atoms. The lowest BCUT2D eigenvalue weighted by Gasteiger charge is -2.08. The molecule has 1 atom stereocenters. The number of hydrogen-bond donors (Lipinski definition) is 1. The van der Waals surface area contributed by atoms with E-state index < -0.39 is 12.8 Å². The van der Waals surface area contributed by atoms with Crippen molar-refractivity contribution in [1.29, 1.82) is 1.43 Å². The Morgan fingerprint density at radius 3 is 2.69 bits per heavy atom. The van der Waals surface area contributed by atoms with Crippen molar-refractivity contribution in [3.63, 3.8) is 0 Å². The largest absolute Gasteiger partial charge is 0.497 e. The molecule has 2 nitrogen and oxygen atoms in total. The molecule has 0 radical (unpaired) electrons. The third kappa shape index (κ3) is 2.70. The number of methoxy groups -OCH3 is 1. The van der Waals surface area contributed by atoms with Crippen molar-refractivity contribution in [2.24, 2.45) is 0 Å². The molecule has 0 aliphatic carbocycles. The molecular weight excluding hydrogens is 171 g/mol.